The molecule has 2 amide bonds. The van der Waals surface area contributed by atoms with Gasteiger partial charge in [0.2, 0.25) is 0 Å². The number of rotatable bonds is 5. The molecule has 0 bridgehead atoms. The zero-order valence-electron chi connectivity index (χ0n) is 16.6. The molecule has 6 nitrogen and oxygen atoms in total. The van der Waals surface area contributed by atoms with E-state index in [4.69, 9.17) is 5.73 Å². The molecule has 3 atom stereocenters. The molecule has 1 saturated heterocycles. The molecule has 31 heavy (non-hydrogen) atoms. The molecule has 1 aliphatic carbocycles. The molecule has 0 unspecified atom stereocenters. The fourth-order valence-electron chi connectivity index (χ4n) is 4.39. The van der Waals surface area contributed by atoms with Crippen LogP contribution in [0.4, 0.5) is 9.52 Å². The Morgan fingerprint density at radius 1 is 1.16 bits per heavy atom. The fraction of sp³-hybridized carbons (Fsp3) is 0.261. The van der Waals surface area contributed by atoms with Crippen molar-refractivity contribution in [2.45, 2.75) is 24.9 Å². The number of nitrogens with two attached hydrogens (primary N) is 1. The first-order valence-electron chi connectivity index (χ1n) is 10.2. The highest BCUT2D eigenvalue weighted by Crippen LogP contribution is 2.49. The summed E-state index contributed by atoms with van der Waals surface area (Å²) in [7, 11) is 0. The highest BCUT2D eigenvalue weighted by atomic mass is 32.1. The van der Waals surface area contributed by atoms with Crippen LogP contribution in [-0.4, -0.2) is 40.3 Å². The number of nitrogen functional groups attached to an aromatic ring is 1. The highest BCUT2D eigenvalue weighted by molar-refractivity contribution is 7.19. The highest BCUT2D eigenvalue weighted by Gasteiger charge is 2.54. The summed E-state index contributed by atoms with van der Waals surface area (Å²) in [5.74, 6) is -0.299. The Labute approximate surface area is 182 Å². The van der Waals surface area contributed by atoms with Crippen LogP contribution in [0, 0.1) is 11.7 Å². The van der Waals surface area contributed by atoms with E-state index in [2.05, 4.69) is 10.3 Å². The molecular formula is C23H21FN4O2S. The molecule has 2 aliphatic rings. The molecule has 2 aromatic carbocycles. The maximum atomic E-state index is 13.8. The van der Waals surface area contributed by atoms with Gasteiger partial charge in [0, 0.05) is 18.2 Å². The van der Waals surface area contributed by atoms with Crippen molar-refractivity contribution in [3.8, 4) is 10.4 Å². The first-order valence-corrected chi connectivity index (χ1v) is 11.0. The Bertz CT molecular complexity index is 1150. The van der Waals surface area contributed by atoms with Gasteiger partial charge in [0.1, 0.15) is 11.5 Å². The van der Waals surface area contributed by atoms with Crippen LogP contribution in [0.25, 0.3) is 10.4 Å². The second-order valence-electron chi connectivity index (χ2n) is 7.98. The average molecular weight is 437 g/mol. The van der Waals surface area contributed by atoms with Gasteiger partial charge in [-0.3, -0.25) is 9.59 Å². The van der Waals surface area contributed by atoms with Crippen LogP contribution in [0.15, 0.2) is 54.6 Å². The summed E-state index contributed by atoms with van der Waals surface area (Å²) in [4.78, 5) is 32.6. The molecule has 0 radical (unpaired) electrons. The van der Waals surface area contributed by atoms with E-state index in [1.165, 1.54) is 23.5 Å². The number of amides is 2. The quantitative estimate of drug-likeness (QED) is 0.640. The number of nitrogens with zero attached hydrogens (tertiary/aromatic N) is 2. The summed E-state index contributed by atoms with van der Waals surface area (Å²) in [5, 5.41) is 3.22. The summed E-state index contributed by atoms with van der Waals surface area (Å²) >= 11 is 1.18. The van der Waals surface area contributed by atoms with Crippen LogP contribution in [0.5, 0.6) is 0 Å². The molecule has 1 saturated carbocycles. The molecule has 0 spiro atoms. The topological polar surface area (TPSA) is 88.3 Å². The van der Waals surface area contributed by atoms with Crippen molar-refractivity contribution in [2.24, 2.45) is 5.92 Å². The van der Waals surface area contributed by atoms with Gasteiger partial charge in [-0.2, -0.15) is 0 Å². The van der Waals surface area contributed by atoms with Crippen molar-refractivity contribution in [2.75, 3.05) is 12.3 Å². The minimum absolute atomic E-state index is 0.104. The first kappa shape index (κ1) is 19.7. The third kappa shape index (κ3) is 3.79. The van der Waals surface area contributed by atoms with E-state index in [-0.39, 0.29) is 40.5 Å². The number of hydrogen-bond donors (Lipinski definition) is 2. The number of nitrogens with one attached hydrogen (secondary N) is 1. The summed E-state index contributed by atoms with van der Waals surface area (Å²) in [6.07, 6.45) is 1.81. The molecular weight excluding hydrogens is 415 g/mol. The Morgan fingerprint density at radius 3 is 2.74 bits per heavy atom. The van der Waals surface area contributed by atoms with Gasteiger partial charge in [-0.05, 0) is 48.6 Å². The fourth-order valence-corrected chi connectivity index (χ4v) is 5.21. The van der Waals surface area contributed by atoms with E-state index in [0.29, 0.717) is 28.5 Å². The number of carbonyl (C=O) groups excluding carboxylic acids is 2. The van der Waals surface area contributed by atoms with Crippen molar-refractivity contribution < 1.29 is 14.0 Å². The van der Waals surface area contributed by atoms with E-state index in [9.17, 15) is 14.0 Å². The van der Waals surface area contributed by atoms with Crippen molar-refractivity contribution in [1.82, 2.24) is 15.2 Å². The van der Waals surface area contributed by atoms with Crippen LogP contribution in [0.2, 0.25) is 0 Å². The standard InChI is InChI=1S/C23H21FN4O2S/c24-16-8-4-7-14(9-16)20-19(27-23(25)31-20)22(30)28-17(10-15-11-18(15)28)12-26-21(29)13-5-2-1-3-6-13/h1-9,15,17-18H,10-12H2,(H2,25,27)(H,26,29)/t15-,17+,18+/m1/s1. The van der Waals surface area contributed by atoms with Crippen LogP contribution in [0.1, 0.15) is 33.7 Å². The average Bonchev–Trinajstić information content (AvgIpc) is 3.26. The zero-order chi connectivity index (χ0) is 21.5. The lowest BCUT2D eigenvalue weighted by atomic mass is 10.1. The number of thiazole rings is 1. The molecule has 2 fully saturated rings. The van der Waals surface area contributed by atoms with Gasteiger partial charge < -0.3 is 16.0 Å². The molecule has 1 aromatic heterocycles. The summed E-state index contributed by atoms with van der Waals surface area (Å²) in [6.45, 7) is 0.376. The van der Waals surface area contributed by atoms with Crippen molar-refractivity contribution in [3.05, 3.63) is 71.7 Å². The van der Waals surface area contributed by atoms with Crippen molar-refractivity contribution >= 4 is 28.3 Å². The predicted molar refractivity (Wildman–Crippen MR) is 117 cm³/mol. The van der Waals surface area contributed by atoms with Crippen LogP contribution >= 0.6 is 11.3 Å². The molecule has 5 rings (SSSR count). The number of fused-ring (bicyclic) bond motifs is 1. The van der Waals surface area contributed by atoms with Crippen LogP contribution in [0.3, 0.4) is 0 Å². The maximum absolute atomic E-state index is 13.8. The van der Waals surface area contributed by atoms with Gasteiger partial charge in [-0.1, -0.05) is 41.7 Å². The molecule has 3 N–H and O–H groups in total. The molecule has 3 aromatic rings. The summed E-state index contributed by atoms with van der Waals surface area (Å²) in [5.41, 5.74) is 7.34. The number of likely N-dealkylation sites (tertiary alicyclic amines) is 1. The molecule has 2 heterocycles. The van der Waals surface area contributed by atoms with E-state index in [1.54, 1.807) is 24.3 Å². The maximum Gasteiger partial charge on any atom is 0.274 e. The van der Waals surface area contributed by atoms with E-state index in [0.717, 1.165) is 12.8 Å². The van der Waals surface area contributed by atoms with Crippen LogP contribution < -0.4 is 11.1 Å². The predicted octanol–water partition coefficient (Wildman–Crippen LogP) is 3.56. The SMILES string of the molecule is Nc1nc(C(=O)N2[C@H](CNC(=O)c3ccccc3)C[C@@H]3C[C@@H]32)c(-c2cccc(F)c2)s1. The summed E-state index contributed by atoms with van der Waals surface area (Å²) in [6, 6.07) is 15.1. The number of hydrogen-bond acceptors (Lipinski definition) is 5. The zero-order valence-corrected chi connectivity index (χ0v) is 17.4. The van der Waals surface area contributed by atoms with Gasteiger partial charge in [0.25, 0.3) is 11.8 Å². The smallest absolute Gasteiger partial charge is 0.274 e. The largest absolute Gasteiger partial charge is 0.375 e. The second kappa shape index (κ2) is 7.77. The Kier molecular flexibility index (Phi) is 4.94. The number of halogens is 1. The number of carbonyl (C=O) groups is 2. The minimum atomic E-state index is -0.382. The number of anilines is 1. The molecule has 8 heteroatoms. The van der Waals surface area contributed by atoms with Gasteiger partial charge in [0.05, 0.1) is 10.9 Å². The number of piperidine rings is 1. The molecule has 158 valence electrons. The van der Waals surface area contributed by atoms with E-state index in [1.807, 2.05) is 23.1 Å². The van der Waals surface area contributed by atoms with Gasteiger partial charge in [-0.15, -0.1) is 0 Å². The van der Waals surface area contributed by atoms with E-state index < -0.39 is 0 Å². The summed E-state index contributed by atoms with van der Waals surface area (Å²) < 4.78 is 13.8. The lowest BCUT2D eigenvalue weighted by molar-refractivity contribution is 0.0685. The monoisotopic (exact) mass is 436 g/mol. The Hall–Kier alpha value is -3.26. The third-order valence-electron chi connectivity index (χ3n) is 5.91. The number of benzene rings is 2. The Morgan fingerprint density at radius 2 is 1.97 bits per heavy atom. The van der Waals surface area contributed by atoms with Gasteiger partial charge >= 0.3 is 0 Å². The minimum Gasteiger partial charge on any atom is -0.375 e. The van der Waals surface area contributed by atoms with E-state index >= 15 is 0 Å². The van der Waals surface area contributed by atoms with Crippen molar-refractivity contribution in [3.63, 3.8) is 0 Å². The molecule has 1 aliphatic heterocycles. The third-order valence-corrected chi connectivity index (χ3v) is 6.85. The first-order chi connectivity index (χ1) is 15.0. The lowest BCUT2D eigenvalue weighted by Gasteiger charge is -2.27. The Balaban J connectivity index is 1.37. The lowest BCUT2D eigenvalue weighted by Crippen LogP contribution is -2.45. The second-order valence-corrected chi connectivity index (χ2v) is 9.01. The normalized spacial score (nSPS) is 21.6. The van der Waals surface area contributed by atoms with Crippen molar-refractivity contribution in [1.29, 1.82) is 0 Å². The van der Waals surface area contributed by atoms with Crippen LogP contribution in [-0.2, 0) is 0 Å². The van der Waals surface area contributed by atoms with Gasteiger partial charge in [0.15, 0.2) is 5.13 Å². The number of aromatic nitrogens is 1. The van der Waals surface area contributed by atoms with Gasteiger partial charge in [-0.25, -0.2) is 9.37 Å².